The van der Waals surface area contributed by atoms with Crippen LogP contribution in [0.1, 0.15) is 11.1 Å². The maximum atomic E-state index is 11.4. The lowest BCUT2D eigenvalue weighted by molar-refractivity contribution is -0.388. The molecule has 2 aromatic heterocycles. The quantitative estimate of drug-likeness (QED) is 0.369. The molecule has 0 radical (unpaired) electrons. The number of pyridine rings is 1. The second-order valence-corrected chi connectivity index (χ2v) is 7.59. The fourth-order valence-electron chi connectivity index (χ4n) is 3.13. The highest BCUT2D eigenvalue weighted by Crippen LogP contribution is 2.37. The van der Waals surface area contributed by atoms with Crippen molar-refractivity contribution in [3.8, 4) is 22.8 Å². The summed E-state index contributed by atoms with van der Waals surface area (Å²) in [5, 5.41) is 31.0. The van der Waals surface area contributed by atoms with Gasteiger partial charge in [0.1, 0.15) is 5.75 Å². The number of hydrogen-bond acceptors (Lipinski definition) is 7. The van der Waals surface area contributed by atoms with E-state index in [1.54, 1.807) is 28.8 Å². The third-order valence-electron chi connectivity index (χ3n) is 4.51. The zero-order chi connectivity index (χ0) is 21.3. The van der Waals surface area contributed by atoms with E-state index in [1.807, 2.05) is 32.0 Å². The Balaban J connectivity index is 1.92. The summed E-state index contributed by atoms with van der Waals surface area (Å²) in [5.74, 6) is 0.498. The molecular formula is C21H17N5O3S. The Morgan fingerprint density at radius 1 is 1.07 bits per heavy atom. The second-order valence-electron chi connectivity index (χ2n) is 6.64. The SMILES string of the molecule is Cc1ccc(-n2c(Sc3ncccc3[N+](=O)[O-])nnc2-c2ccccc2O)c(C)c1. The fourth-order valence-corrected chi connectivity index (χ4v) is 4.02. The fraction of sp³-hybridized carbons (Fsp3) is 0.0952. The number of benzene rings is 2. The molecule has 0 atom stereocenters. The number of para-hydroxylation sites is 1. The Kier molecular flexibility index (Phi) is 5.20. The van der Waals surface area contributed by atoms with E-state index in [0.29, 0.717) is 16.5 Å². The van der Waals surface area contributed by atoms with Crippen molar-refractivity contribution in [2.75, 3.05) is 0 Å². The first-order valence-corrected chi connectivity index (χ1v) is 9.86. The van der Waals surface area contributed by atoms with Crippen LogP contribution in [0, 0.1) is 24.0 Å². The van der Waals surface area contributed by atoms with Gasteiger partial charge in [-0.15, -0.1) is 10.2 Å². The van der Waals surface area contributed by atoms with Gasteiger partial charge in [-0.3, -0.25) is 14.7 Å². The third kappa shape index (κ3) is 3.62. The molecule has 2 heterocycles. The second kappa shape index (κ2) is 7.96. The van der Waals surface area contributed by atoms with Crippen molar-refractivity contribution in [2.24, 2.45) is 0 Å². The minimum atomic E-state index is -0.475. The predicted molar refractivity (Wildman–Crippen MR) is 113 cm³/mol. The van der Waals surface area contributed by atoms with Crippen molar-refractivity contribution >= 4 is 17.4 Å². The Labute approximate surface area is 176 Å². The summed E-state index contributed by atoms with van der Waals surface area (Å²) in [5.41, 5.74) is 3.28. The largest absolute Gasteiger partial charge is 0.507 e. The molecule has 1 N–H and O–H groups in total. The lowest BCUT2D eigenvalue weighted by atomic mass is 10.1. The molecule has 150 valence electrons. The standard InChI is InChI=1S/C21H17N5O3S/c1-13-9-10-16(14(2)12-13)25-19(15-6-3-4-8-18(15)27)23-24-21(25)30-20-17(26(28)29)7-5-11-22-20/h3-12,27H,1-2H3. The third-order valence-corrected chi connectivity index (χ3v) is 5.46. The smallest absolute Gasteiger partial charge is 0.301 e. The van der Waals surface area contributed by atoms with E-state index in [9.17, 15) is 15.2 Å². The van der Waals surface area contributed by atoms with Gasteiger partial charge in [-0.05, 0) is 55.4 Å². The summed E-state index contributed by atoms with van der Waals surface area (Å²) in [6.45, 7) is 3.97. The lowest BCUT2D eigenvalue weighted by Gasteiger charge is -2.14. The summed E-state index contributed by atoms with van der Waals surface area (Å²) < 4.78 is 1.78. The molecule has 0 aliphatic rings. The number of hydrogen-bond donors (Lipinski definition) is 1. The monoisotopic (exact) mass is 419 g/mol. The summed E-state index contributed by atoms with van der Waals surface area (Å²) in [4.78, 5) is 15.1. The zero-order valence-corrected chi connectivity index (χ0v) is 17.0. The van der Waals surface area contributed by atoms with Crippen LogP contribution in [0.2, 0.25) is 0 Å². The normalized spacial score (nSPS) is 10.9. The van der Waals surface area contributed by atoms with Crippen molar-refractivity contribution < 1.29 is 10.0 Å². The molecule has 0 aliphatic heterocycles. The predicted octanol–water partition coefficient (Wildman–Crippen LogP) is 4.71. The number of phenols is 1. The Morgan fingerprint density at radius 3 is 2.60 bits per heavy atom. The maximum absolute atomic E-state index is 11.4. The van der Waals surface area contributed by atoms with Gasteiger partial charge in [-0.2, -0.15) is 0 Å². The highest BCUT2D eigenvalue weighted by molar-refractivity contribution is 7.99. The zero-order valence-electron chi connectivity index (χ0n) is 16.2. The van der Waals surface area contributed by atoms with Crippen molar-refractivity contribution in [3.63, 3.8) is 0 Å². The molecule has 0 aliphatic carbocycles. The summed E-state index contributed by atoms with van der Waals surface area (Å²) in [6, 6.07) is 15.7. The van der Waals surface area contributed by atoms with Gasteiger partial charge in [0, 0.05) is 12.3 Å². The molecule has 4 aromatic rings. The highest BCUT2D eigenvalue weighted by Gasteiger charge is 2.23. The van der Waals surface area contributed by atoms with Gasteiger partial charge < -0.3 is 5.11 Å². The minimum Gasteiger partial charge on any atom is -0.507 e. The van der Waals surface area contributed by atoms with E-state index in [4.69, 9.17) is 0 Å². The Morgan fingerprint density at radius 2 is 1.87 bits per heavy atom. The molecule has 0 saturated heterocycles. The van der Waals surface area contributed by atoms with Gasteiger partial charge in [0.15, 0.2) is 10.9 Å². The Bertz CT molecular complexity index is 1260. The lowest BCUT2D eigenvalue weighted by Crippen LogP contribution is -2.03. The van der Waals surface area contributed by atoms with Crippen molar-refractivity contribution in [2.45, 2.75) is 24.0 Å². The molecule has 30 heavy (non-hydrogen) atoms. The van der Waals surface area contributed by atoms with Crippen LogP contribution < -0.4 is 0 Å². The molecule has 2 aromatic carbocycles. The molecule has 4 rings (SSSR count). The Hall–Kier alpha value is -3.72. The van der Waals surface area contributed by atoms with Crippen molar-refractivity contribution in [1.29, 1.82) is 0 Å². The molecule has 0 fully saturated rings. The number of nitrogens with zero attached hydrogens (tertiary/aromatic N) is 5. The number of aromatic hydroxyl groups is 1. The molecule has 0 bridgehead atoms. The van der Waals surface area contributed by atoms with Crippen LogP contribution in [0.5, 0.6) is 5.75 Å². The van der Waals surface area contributed by atoms with Crippen molar-refractivity contribution in [3.05, 3.63) is 82.0 Å². The van der Waals surface area contributed by atoms with Crippen LogP contribution in [0.4, 0.5) is 5.69 Å². The van der Waals surface area contributed by atoms with Gasteiger partial charge in [-0.25, -0.2) is 4.98 Å². The first-order valence-electron chi connectivity index (χ1n) is 9.04. The average Bonchev–Trinajstić information content (AvgIpc) is 3.11. The first-order chi connectivity index (χ1) is 14.5. The first kappa shape index (κ1) is 19.6. The molecule has 0 spiro atoms. The van der Waals surface area contributed by atoms with E-state index in [0.717, 1.165) is 28.6 Å². The van der Waals surface area contributed by atoms with E-state index in [1.165, 1.54) is 18.3 Å². The van der Waals surface area contributed by atoms with Gasteiger partial charge in [0.05, 0.1) is 16.2 Å². The molecule has 0 saturated carbocycles. The summed E-state index contributed by atoms with van der Waals surface area (Å²) in [7, 11) is 0. The highest BCUT2D eigenvalue weighted by atomic mass is 32.2. The van der Waals surface area contributed by atoms with Gasteiger partial charge in [0.25, 0.3) is 0 Å². The number of rotatable bonds is 5. The van der Waals surface area contributed by atoms with Crippen LogP contribution in [0.15, 0.2) is 71.0 Å². The molecule has 9 heteroatoms. The van der Waals surface area contributed by atoms with Crippen LogP contribution in [-0.4, -0.2) is 29.8 Å². The molecular weight excluding hydrogens is 402 g/mol. The topological polar surface area (TPSA) is 107 Å². The van der Waals surface area contributed by atoms with E-state index < -0.39 is 4.92 Å². The average molecular weight is 419 g/mol. The summed E-state index contributed by atoms with van der Waals surface area (Å²) in [6.07, 6.45) is 1.50. The number of aromatic nitrogens is 4. The van der Waals surface area contributed by atoms with Crippen LogP contribution >= 0.6 is 11.8 Å². The molecule has 0 amide bonds. The summed E-state index contributed by atoms with van der Waals surface area (Å²) >= 11 is 1.05. The molecule has 8 nitrogen and oxygen atoms in total. The van der Waals surface area contributed by atoms with Gasteiger partial charge >= 0.3 is 5.69 Å². The van der Waals surface area contributed by atoms with Gasteiger partial charge in [0.2, 0.25) is 5.16 Å². The van der Waals surface area contributed by atoms with E-state index in [-0.39, 0.29) is 16.5 Å². The maximum Gasteiger partial charge on any atom is 0.301 e. The minimum absolute atomic E-state index is 0.0660. The van der Waals surface area contributed by atoms with E-state index >= 15 is 0 Å². The van der Waals surface area contributed by atoms with Crippen LogP contribution in [0.3, 0.4) is 0 Å². The van der Waals surface area contributed by atoms with Crippen LogP contribution in [-0.2, 0) is 0 Å². The number of aryl methyl sites for hydroxylation is 2. The molecule has 0 unspecified atom stereocenters. The van der Waals surface area contributed by atoms with Gasteiger partial charge in [-0.1, -0.05) is 29.8 Å². The number of nitro groups is 1. The van der Waals surface area contributed by atoms with E-state index in [2.05, 4.69) is 15.2 Å². The number of phenolic OH excluding ortho intramolecular Hbond substituents is 1. The van der Waals surface area contributed by atoms with Crippen molar-refractivity contribution in [1.82, 2.24) is 19.7 Å². The van der Waals surface area contributed by atoms with Crippen LogP contribution in [0.25, 0.3) is 17.1 Å².